The summed E-state index contributed by atoms with van der Waals surface area (Å²) in [4.78, 5) is 38.1. The Morgan fingerprint density at radius 2 is 1.84 bits per heavy atom. The van der Waals surface area contributed by atoms with Gasteiger partial charge in [0.25, 0.3) is 0 Å². The van der Waals surface area contributed by atoms with Crippen LogP contribution in [0.4, 0.5) is 17.3 Å². The van der Waals surface area contributed by atoms with Gasteiger partial charge in [0.05, 0.1) is 5.92 Å². The monoisotopic (exact) mass is 436 g/mol. The largest absolute Gasteiger partial charge is 0.368 e. The number of carbonyl (C=O) groups is 2. The zero-order valence-corrected chi connectivity index (χ0v) is 19.1. The van der Waals surface area contributed by atoms with Crippen LogP contribution < -0.4 is 20.4 Å². The third-order valence-electron chi connectivity index (χ3n) is 6.28. The summed E-state index contributed by atoms with van der Waals surface area (Å²) in [5, 5.41) is 6.24. The maximum atomic E-state index is 12.6. The minimum atomic E-state index is -0.327. The Bertz CT molecular complexity index is 1000. The van der Waals surface area contributed by atoms with Crippen molar-refractivity contribution in [1.82, 2.24) is 15.3 Å². The number of nitrogens with one attached hydrogen (secondary N) is 2. The minimum absolute atomic E-state index is 0.00238. The molecule has 3 heterocycles. The Balaban J connectivity index is 1.26. The summed E-state index contributed by atoms with van der Waals surface area (Å²) in [6, 6.07) is 7.94. The second-order valence-corrected chi connectivity index (χ2v) is 8.74. The van der Waals surface area contributed by atoms with Gasteiger partial charge < -0.3 is 20.4 Å². The lowest BCUT2D eigenvalue weighted by molar-refractivity contribution is -0.126. The standard InChI is InChI=1S/C24H32N6O2/c1-16-6-7-20(12-17(16)2)30-15-19(13-23(30)31)24(32)26-9-8-25-21-14-22(28-18(3)27-21)29-10-4-5-11-29/h6-7,12,14,19H,4-5,8-11,13,15H2,1-3H3,(H,26,32)(H,25,27,28). The van der Waals surface area contributed by atoms with Gasteiger partial charge in [-0.2, -0.15) is 0 Å². The summed E-state index contributed by atoms with van der Waals surface area (Å²) in [6.07, 6.45) is 2.64. The molecule has 0 spiro atoms. The van der Waals surface area contributed by atoms with E-state index in [1.807, 2.05) is 45.0 Å². The first-order valence-corrected chi connectivity index (χ1v) is 11.4. The number of hydrogen-bond acceptors (Lipinski definition) is 6. The highest BCUT2D eigenvalue weighted by molar-refractivity contribution is 6.00. The Morgan fingerprint density at radius 3 is 2.59 bits per heavy atom. The highest BCUT2D eigenvalue weighted by atomic mass is 16.2. The van der Waals surface area contributed by atoms with Crippen LogP contribution in [0.15, 0.2) is 24.3 Å². The van der Waals surface area contributed by atoms with Crippen LogP contribution >= 0.6 is 0 Å². The Kier molecular flexibility index (Phi) is 6.58. The molecule has 1 atom stereocenters. The van der Waals surface area contributed by atoms with E-state index in [1.54, 1.807) is 4.90 Å². The number of hydrogen-bond donors (Lipinski definition) is 2. The van der Waals surface area contributed by atoms with Crippen molar-refractivity contribution in [2.24, 2.45) is 5.92 Å². The maximum absolute atomic E-state index is 12.6. The summed E-state index contributed by atoms with van der Waals surface area (Å²) < 4.78 is 0. The molecule has 2 aliphatic heterocycles. The van der Waals surface area contributed by atoms with Gasteiger partial charge in [-0.15, -0.1) is 0 Å². The molecule has 0 saturated carbocycles. The van der Waals surface area contributed by atoms with Crippen molar-refractivity contribution >= 4 is 29.1 Å². The molecule has 1 unspecified atom stereocenters. The number of amides is 2. The average molecular weight is 437 g/mol. The van der Waals surface area contributed by atoms with E-state index < -0.39 is 0 Å². The van der Waals surface area contributed by atoms with Crippen LogP contribution in [-0.2, 0) is 9.59 Å². The highest BCUT2D eigenvalue weighted by Crippen LogP contribution is 2.27. The predicted molar refractivity (Wildman–Crippen MR) is 126 cm³/mol. The normalized spacial score (nSPS) is 18.3. The molecular formula is C24H32N6O2. The molecule has 1 aromatic heterocycles. The van der Waals surface area contributed by atoms with Crippen LogP contribution in [0.2, 0.25) is 0 Å². The summed E-state index contributed by atoms with van der Waals surface area (Å²) in [5.41, 5.74) is 3.19. The van der Waals surface area contributed by atoms with E-state index >= 15 is 0 Å². The lowest BCUT2D eigenvalue weighted by Gasteiger charge is -2.18. The summed E-state index contributed by atoms with van der Waals surface area (Å²) in [6.45, 7) is 9.49. The molecule has 2 fully saturated rings. The van der Waals surface area contributed by atoms with Crippen molar-refractivity contribution in [3.63, 3.8) is 0 Å². The zero-order valence-electron chi connectivity index (χ0n) is 19.1. The first kappa shape index (κ1) is 22.0. The first-order valence-electron chi connectivity index (χ1n) is 11.4. The van der Waals surface area contributed by atoms with E-state index in [2.05, 4.69) is 25.5 Å². The quantitative estimate of drug-likeness (QED) is 0.649. The lowest BCUT2D eigenvalue weighted by Crippen LogP contribution is -2.35. The van der Waals surface area contributed by atoms with Gasteiger partial charge in [-0.05, 0) is 56.9 Å². The van der Waals surface area contributed by atoms with E-state index in [4.69, 9.17) is 0 Å². The Hall–Kier alpha value is -3.16. The highest BCUT2D eigenvalue weighted by Gasteiger charge is 2.35. The second kappa shape index (κ2) is 9.54. The Labute approximate surface area is 189 Å². The fourth-order valence-electron chi connectivity index (χ4n) is 4.30. The number of anilines is 3. The van der Waals surface area contributed by atoms with Crippen molar-refractivity contribution in [3.05, 3.63) is 41.2 Å². The van der Waals surface area contributed by atoms with Crippen LogP contribution in [0.5, 0.6) is 0 Å². The van der Waals surface area contributed by atoms with Crippen LogP contribution in [0, 0.1) is 26.7 Å². The van der Waals surface area contributed by atoms with Gasteiger partial charge in [-0.3, -0.25) is 9.59 Å². The third kappa shape index (κ3) is 5.00. The number of aromatic nitrogens is 2. The Morgan fingerprint density at radius 1 is 1.06 bits per heavy atom. The van der Waals surface area contributed by atoms with Gasteiger partial charge in [0, 0.05) is 50.9 Å². The maximum Gasteiger partial charge on any atom is 0.227 e. The van der Waals surface area contributed by atoms with Gasteiger partial charge in [0.1, 0.15) is 17.5 Å². The molecule has 170 valence electrons. The molecule has 4 rings (SSSR count). The fraction of sp³-hybridized carbons (Fsp3) is 0.500. The van der Waals surface area contributed by atoms with Crippen molar-refractivity contribution in [2.45, 2.75) is 40.0 Å². The number of nitrogens with zero attached hydrogens (tertiary/aromatic N) is 4. The van der Waals surface area contributed by atoms with Crippen molar-refractivity contribution in [3.8, 4) is 0 Å². The van der Waals surface area contributed by atoms with Crippen LogP contribution in [0.25, 0.3) is 0 Å². The summed E-state index contributed by atoms with van der Waals surface area (Å²) in [5.74, 6) is 2.05. The van der Waals surface area contributed by atoms with Gasteiger partial charge in [0.15, 0.2) is 0 Å². The average Bonchev–Trinajstić information content (AvgIpc) is 3.43. The molecule has 8 heteroatoms. The van der Waals surface area contributed by atoms with Crippen LogP contribution in [0.1, 0.15) is 36.2 Å². The van der Waals surface area contributed by atoms with Crippen molar-refractivity contribution in [1.29, 1.82) is 0 Å². The zero-order chi connectivity index (χ0) is 22.7. The molecule has 2 aliphatic rings. The smallest absolute Gasteiger partial charge is 0.227 e. The molecule has 0 aliphatic carbocycles. The number of carbonyl (C=O) groups excluding carboxylic acids is 2. The molecule has 2 saturated heterocycles. The van der Waals surface area contributed by atoms with E-state index in [1.165, 1.54) is 18.4 Å². The van der Waals surface area contributed by atoms with E-state index in [0.717, 1.165) is 41.8 Å². The molecule has 1 aromatic carbocycles. The van der Waals surface area contributed by atoms with Gasteiger partial charge in [-0.25, -0.2) is 9.97 Å². The molecule has 0 bridgehead atoms. The SMILES string of the molecule is Cc1nc(NCCNC(=O)C2CC(=O)N(c3ccc(C)c(C)c3)C2)cc(N2CCCC2)n1. The topological polar surface area (TPSA) is 90.5 Å². The molecule has 32 heavy (non-hydrogen) atoms. The van der Waals surface area contributed by atoms with Crippen molar-refractivity contribution in [2.75, 3.05) is 47.8 Å². The van der Waals surface area contributed by atoms with Crippen LogP contribution in [0.3, 0.4) is 0 Å². The fourth-order valence-corrected chi connectivity index (χ4v) is 4.30. The molecule has 2 amide bonds. The van der Waals surface area contributed by atoms with Gasteiger partial charge in [0.2, 0.25) is 11.8 Å². The van der Waals surface area contributed by atoms with E-state index in [-0.39, 0.29) is 24.2 Å². The van der Waals surface area contributed by atoms with Crippen LogP contribution in [-0.4, -0.2) is 54.5 Å². The number of benzene rings is 1. The number of aryl methyl sites for hydroxylation is 3. The van der Waals surface area contributed by atoms with E-state index in [9.17, 15) is 9.59 Å². The molecule has 0 radical (unpaired) electrons. The molecule has 8 nitrogen and oxygen atoms in total. The van der Waals surface area contributed by atoms with Gasteiger partial charge in [-0.1, -0.05) is 6.07 Å². The van der Waals surface area contributed by atoms with Gasteiger partial charge >= 0.3 is 0 Å². The second-order valence-electron chi connectivity index (χ2n) is 8.74. The predicted octanol–water partition coefficient (Wildman–Crippen LogP) is 2.58. The third-order valence-corrected chi connectivity index (χ3v) is 6.28. The lowest BCUT2D eigenvalue weighted by atomic mass is 10.1. The van der Waals surface area contributed by atoms with E-state index in [0.29, 0.717) is 19.6 Å². The first-order chi connectivity index (χ1) is 15.4. The molecule has 2 N–H and O–H groups in total. The molecule has 2 aromatic rings. The number of rotatable bonds is 7. The minimum Gasteiger partial charge on any atom is -0.368 e. The summed E-state index contributed by atoms with van der Waals surface area (Å²) in [7, 11) is 0. The van der Waals surface area contributed by atoms with Crippen molar-refractivity contribution < 1.29 is 9.59 Å². The summed E-state index contributed by atoms with van der Waals surface area (Å²) >= 11 is 0. The molecular weight excluding hydrogens is 404 g/mol.